The van der Waals surface area contributed by atoms with Crippen molar-refractivity contribution in [2.75, 3.05) is 0 Å². The molecule has 6 heteroatoms. The predicted molar refractivity (Wildman–Crippen MR) is 119 cm³/mol. The third-order valence-corrected chi connectivity index (χ3v) is 6.47. The van der Waals surface area contributed by atoms with Crippen LogP contribution in [0.1, 0.15) is 45.9 Å². The molecule has 0 fully saturated rings. The predicted octanol–water partition coefficient (Wildman–Crippen LogP) is 5.06. The summed E-state index contributed by atoms with van der Waals surface area (Å²) in [6.45, 7) is 0. The Balaban J connectivity index is 1.22. The largest absolute Gasteiger partial charge is 0.345 e. The highest BCUT2D eigenvalue weighted by atomic mass is 32.2. The van der Waals surface area contributed by atoms with Gasteiger partial charge in [0, 0.05) is 17.5 Å². The quantitative estimate of drug-likeness (QED) is 0.448. The molecular formula is C24H22N4OS. The molecule has 30 heavy (non-hydrogen) atoms. The number of nitrogens with one attached hydrogen (secondary N) is 2. The van der Waals surface area contributed by atoms with Crippen molar-refractivity contribution in [3.05, 3.63) is 89.2 Å². The molecule has 1 unspecified atom stereocenters. The number of pyridine rings is 1. The molecule has 1 amide bonds. The molecule has 0 bridgehead atoms. The lowest BCUT2D eigenvalue weighted by molar-refractivity contribution is 0.0932. The summed E-state index contributed by atoms with van der Waals surface area (Å²) in [5.41, 5.74) is 6.31. The Morgan fingerprint density at radius 2 is 2.00 bits per heavy atom. The van der Waals surface area contributed by atoms with E-state index in [1.807, 2.05) is 36.4 Å². The normalized spacial score (nSPS) is 15.7. The van der Waals surface area contributed by atoms with E-state index in [2.05, 4.69) is 38.5 Å². The summed E-state index contributed by atoms with van der Waals surface area (Å²) < 4.78 is 0. The molecule has 5 nitrogen and oxygen atoms in total. The molecule has 2 aromatic heterocycles. The molecule has 1 aliphatic carbocycles. The molecule has 4 aromatic rings. The lowest BCUT2D eigenvalue weighted by Gasteiger charge is -2.26. The number of hydrogen-bond donors (Lipinski definition) is 2. The van der Waals surface area contributed by atoms with Crippen molar-refractivity contribution in [2.24, 2.45) is 0 Å². The molecule has 150 valence electrons. The minimum Gasteiger partial charge on any atom is -0.345 e. The summed E-state index contributed by atoms with van der Waals surface area (Å²) in [5.74, 6) is 0.770. The number of fused-ring (bicyclic) bond motifs is 2. The van der Waals surface area contributed by atoms with Crippen LogP contribution in [0, 0.1) is 0 Å². The average Bonchev–Trinajstić information content (AvgIpc) is 3.21. The first-order valence-electron chi connectivity index (χ1n) is 10.2. The number of amides is 1. The van der Waals surface area contributed by atoms with E-state index in [0.717, 1.165) is 46.8 Å². The number of benzene rings is 2. The van der Waals surface area contributed by atoms with E-state index in [-0.39, 0.29) is 11.9 Å². The second-order valence-electron chi connectivity index (χ2n) is 7.54. The molecule has 0 radical (unpaired) electrons. The van der Waals surface area contributed by atoms with Crippen LogP contribution in [0.5, 0.6) is 0 Å². The molecule has 2 heterocycles. The van der Waals surface area contributed by atoms with E-state index < -0.39 is 0 Å². The number of nitrogens with zero attached hydrogens (tertiary/aromatic N) is 2. The number of thioether (sulfide) groups is 1. The maximum Gasteiger partial charge on any atom is 0.251 e. The molecule has 1 aliphatic rings. The van der Waals surface area contributed by atoms with Crippen molar-refractivity contribution in [3.63, 3.8) is 0 Å². The summed E-state index contributed by atoms with van der Waals surface area (Å²) in [7, 11) is 0. The average molecular weight is 415 g/mol. The van der Waals surface area contributed by atoms with Crippen LogP contribution >= 0.6 is 11.8 Å². The van der Waals surface area contributed by atoms with Gasteiger partial charge in [-0.15, -0.1) is 0 Å². The number of imidazole rings is 1. The molecule has 2 N–H and O–H groups in total. The van der Waals surface area contributed by atoms with Gasteiger partial charge in [-0.3, -0.25) is 9.78 Å². The van der Waals surface area contributed by atoms with Crippen LogP contribution < -0.4 is 5.32 Å². The monoisotopic (exact) mass is 414 g/mol. The van der Waals surface area contributed by atoms with Gasteiger partial charge in [0.25, 0.3) is 5.91 Å². The van der Waals surface area contributed by atoms with Gasteiger partial charge in [-0.05, 0) is 54.2 Å². The van der Waals surface area contributed by atoms with Crippen LogP contribution in [-0.4, -0.2) is 20.9 Å². The molecule has 0 aliphatic heterocycles. The van der Waals surface area contributed by atoms with Gasteiger partial charge < -0.3 is 10.3 Å². The Kier molecular flexibility index (Phi) is 5.24. The molecule has 0 saturated carbocycles. The third kappa shape index (κ3) is 3.96. The fourth-order valence-electron chi connectivity index (χ4n) is 3.95. The highest BCUT2D eigenvalue weighted by Crippen LogP contribution is 2.30. The number of hydrogen-bond acceptors (Lipinski definition) is 4. The number of H-pyrrole nitrogens is 1. The van der Waals surface area contributed by atoms with E-state index in [0.29, 0.717) is 5.56 Å². The molecule has 5 rings (SSSR count). The molecule has 1 atom stereocenters. The summed E-state index contributed by atoms with van der Waals surface area (Å²) in [5, 5.41) is 4.09. The van der Waals surface area contributed by atoms with Crippen molar-refractivity contribution in [1.29, 1.82) is 0 Å². The maximum absolute atomic E-state index is 12.8. The van der Waals surface area contributed by atoms with Crippen LogP contribution in [0.25, 0.3) is 11.0 Å². The summed E-state index contributed by atoms with van der Waals surface area (Å²) in [6.07, 6.45) is 6.72. The van der Waals surface area contributed by atoms with Gasteiger partial charge in [0.05, 0.1) is 23.3 Å². The highest BCUT2D eigenvalue weighted by Gasteiger charge is 2.21. The molecule has 2 aromatic carbocycles. The number of aromatic nitrogens is 3. The highest BCUT2D eigenvalue weighted by molar-refractivity contribution is 7.98. The van der Waals surface area contributed by atoms with E-state index in [9.17, 15) is 4.79 Å². The molecular weight excluding hydrogens is 392 g/mol. The minimum absolute atomic E-state index is 0.0132. The minimum atomic E-state index is -0.0132. The fourth-order valence-corrected chi connectivity index (χ4v) is 4.79. The number of aromatic amines is 1. The first-order chi connectivity index (χ1) is 14.8. The van der Waals surface area contributed by atoms with Crippen LogP contribution in [-0.2, 0) is 12.2 Å². The lowest BCUT2D eigenvalue weighted by atomic mass is 9.87. The van der Waals surface area contributed by atoms with Crippen molar-refractivity contribution in [2.45, 2.75) is 36.2 Å². The number of carbonyl (C=O) groups is 1. The van der Waals surface area contributed by atoms with E-state index in [1.165, 1.54) is 11.1 Å². The standard InChI is InChI=1S/C24H22N4OS/c29-23(26-20-7-3-5-17-4-1-2-6-19(17)20)18-10-8-16(9-11-18)15-30-24-27-21-12-13-25-14-22(21)28-24/h1-2,4,6,8-14,20H,3,5,7,15H2,(H,26,29)(H,27,28). The van der Waals surface area contributed by atoms with Crippen LogP contribution in [0.15, 0.2) is 72.1 Å². The van der Waals surface area contributed by atoms with Gasteiger partial charge in [0.1, 0.15) is 0 Å². The molecule has 0 saturated heterocycles. The number of rotatable bonds is 5. The lowest BCUT2D eigenvalue weighted by Crippen LogP contribution is -2.30. The zero-order valence-corrected chi connectivity index (χ0v) is 17.3. The van der Waals surface area contributed by atoms with Crippen LogP contribution in [0.3, 0.4) is 0 Å². The van der Waals surface area contributed by atoms with E-state index >= 15 is 0 Å². The van der Waals surface area contributed by atoms with Gasteiger partial charge in [0.2, 0.25) is 0 Å². The smallest absolute Gasteiger partial charge is 0.251 e. The second kappa shape index (κ2) is 8.32. The Morgan fingerprint density at radius 3 is 2.87 bits per heavy atom. The Bertz CT molecular complexity index is 1150. The van der Waals surface area contributed by atoms with Gasteiger partial charge in [-0.2, -0.15) is 0 Å². The van der Waals surface area contributed by atoms with Crippen LogP contribution in [0.4, 0.5) is 0 Å². The topological polar surface area (TPSA) is 70.7 Å². The summed E-state index contributed by atoms with van der Waals surface area (Å²) >= 11 is 1.64. The fraction of sp³-hybridized carbons (Fsp3) is 0.208. The number of aryl methyl sites for hydroxylation is 1. The first kappa shape index (κ1) is 18.9. The summed E-state index contributed by atoms with van der Waals surface area (Å²) in [6, 6.07) is 18.3. The van der Waals surface area contributed by atoms with Crippen molar-refractivity contribution >= 4 is 28.7 Å². The van der Waals surface area contributed by atoms with Crippen LogP contribution in [0.2, 0.25) is 0 Å². The second-order valence-corrected chi connectivity index (χ2v) is 8.50. The SMILES string of the molecule is O=C(NC1CCCc2ccccc21)c1ccc(CSc2nc3ccncc3[nH]2)cc1. The maximum atomic E-state index is 12.8. The van der Waals surface area contributed by atoms with Crippen molar-refractivity contribution in [1.82, 2.24) is 20.3 Å². The zero-order valence-electron chi connectivity index (χ0n) is 16.5. The van der Waals surface area contributed by atoms with Gasteiger partial charge in [-0.1, -0.05) is 48.2 Å². The van der Waals surface area contributed by atoms with E-state index in [1.54, 1.807) is 24.2 Å². The Morgan fingerprint density at radius 1 is 1.13 bits per heavy atom. The van der Waals surface area contributed by atoms with Gasteiger partial charge >= 0.3 is 0 Å². The number of carbonyl (C=O) groups excluding carboxylic acids is 1. The first-order valence-corrected chi connectivity index (χ1v) is 11.1. The van der Waals surface area contributed by atoms with Gasteiger partial charge in [0.15, 0.2) is 5.16 Å². The molecule has 0 spiro atoms. The third-order valence-electron chi connectivity index (χ3n) is 5.53. The Labute approximate surface area is 179 Å². The van der Waals surface area contributed by atoms with Gasteiger partial charge in [-0.25, -0.2) is 4.98 Å². The summed E-state index contributed by atoms with van der Waals surface area (Å²) in [4.78, 5) is 24.7. The Hall–Kier alpha value is -3.12. The van der Waals surface area contributed by atoms with Crippen molar-refractivity contribution in [3.8, 4) is 0 Å². The van der Waals surface area contributed by atoms with Crippen molar-refractivity contribution < 1.29 is 4.79 Å². The zero-order chi connectivity index (χ0) is 20.3. The van der Waals surface area contributed by atoms with E-state index in [4.69, 9.17) is 0 Å².